The molecule has 1 amide bonds. The Hall–Kier alpha value is -2.28. The lowest BCUT2D eigenvalue weighted by Crippen LogP contribution is -2.27. The van der Waals surface area contributed by atoms with Gasteiger partial charge in [0.05, 0.1) is 19.9 Å². The molecule has 0 aliphatic carbocycles. The van der Waals surface area contributed by atoms with E-state index in [1.54, 1.807) is 25.7 Å². The molecule has 1 aliphatic rings. The Labute approximate surface area is 139 Å². The molecule has 0 spiro atoms. The highest BCUT2D eigenvalue weighted by molar-refractivity contribution is 7.14. The summed E-state index contributed by atoms with van der Waals surface area (Å²) in [5.41, 5.74) is 1.27. The minimum absolute atomic E-state index is 0.00787. The maximum atomic E-state index is 12.3. The van der Waals surface area contributed by atoms with Gasteiger partial charge in [0.1, 0.15) is 17.2 Å². The molecule has 7 heteroatoms. The first-order chi connectivity index (χ1) is 11.2. The molecule has 122 valence electrons. The summed E-state index contributed by atoms with van der Waals surface area (Å²) >= 11 is 1.40. The minimum Gasteiger partial charge on any atom is -0.497 e. The minimum atomic E-state index is 0.00787. The van der Waals surface area contributed by atoms with Crippen molar-refractivity contribution in [3.8, 4) is 11.5 Å². The van der Waals surface area contributed by atoms with Crippen LogP contribution in [0.1, 0.15) is 23.3 Å². The fourth-order valence-corrected chi connectivity index (χ4v) is 3.23. The Morgan fingerprint density at radius 3 is 2.74 bits per heavy atom. The molecule has 0 radical (unpaired) electrons. The van der Waals surface area contributed by atoms with Crippen molar-refractivity contribution >= 4 is 28.1 Å². The summed E-state index contributed by atoms with van der Waals surface area (Å²) in [6.45, 7) is 1.65. The van der Waals surface area contributed by atoms with Crippen molar-refractivity contribution in [2.75, 3.05) is 32.6 Å². The summed E-state index contributed by atoms with van der Waals surface area (Å²) in [6, 6.07) is 5.50. The van der Waals surface area contributed by atoms with Crippen LogP contribution in [0, 0.1) is 0 Å². The largest absolute Gasteiger partial charge is 0.497 e. The van der Waals surface area contributed by atoms with Gasteiger partial charge in [0, 0.05) is 24.5 Å². The van der Waals surface area contributed by atoms with Crippen molar-refractivity contribution in [1.82, 2.24) is 9.88 Å². The summed E-state index contributed by atoms with van der Waals surface area (Å²) in [5, 5.41) is 5.65. The van der Waals surface area contributed by atoms with Gasteiger partial charge in [0.25, 0.3) is 5.91 Å². The number of carbonyl (C=O) groups excluding carboxylic acids is 1. The lowest BCUT2D eigenvalue weighted by Gasteiger charge is -2.13. The summed E-state index contributed by atoms with van der Waals surface area (Å²) in [7, 11) is 3.21. The van der Waals surface area contributed by atoms with Gasteiger partial charge in [-0.1, -0.05) is 0 Å². The number of carbonyl (C=O) groups is 1. The number of methoxy groups -OCH3 is 2. The molecule has 1 N–H and O–H groups in total. The number of ether oxygens (including phenoxy) is 2. The van der Waals surface area contributed by atoms with Gasteiger partial charge in [-0.25, -0.2) is 4.98 Å². The van der Waals surface area contributed by atoms with Crippen LogP contribution in [0.4, 0.5) is 10.8 Å². The predicted octanol–water partition coefficient (Wildman–Crippen LogP) is 3.14. The zero-order valence-electron chi connectivity index (χ0n) is 13.2. The van der Waals surface area contributed by atoms with E-state index in [0.29, 0.717) is 16.6 Å². The maximum absolute atomic E-state index is 12.3. The quantitative estimate of drug-likeness (QED) is 0.911. The van der Waals surface area contributed by atoms with E-state index in [2.05, 4.69) is 10.3 Å². The molecule has 1 fully saturated rings. The fraction of sp³-hybridized carbons (Fsp3) is 0.375. The Bertz CT molecular complexity index is 696. The van der Waals surface area contributed by atoms with Gasteiger partial charge in [-0.2, -0.15) is 0 Å². The van der Waals surface area contributed by atoms with Crippen molar-refractivity contribution in [2.24, 2.45) is 0 Å². The van der Waals surface area contributed by atoms with Crippen LogP contribution in [0.5, 0.6) is 11.5 Å². The Morgan fingerprint density at radius 1 is 1.26 bits per heavy atom. The number of hydrogen-bond acceptors (Lipinski definition) is 6. The first-order valence-electron chi connectivity index (χ1n) is 7.45. The normalized spacial score (nSPS) is 13.9. The van der Waals surface area contributed by atoms with Gasteiger partial charge in [-0.05, 0) is 25.0 Å². The second-order valence-corrected chi connectivity index (χ2v) is 6.09. The highest BCUT2D eigenvalue weighted by Crippen LogP contribution is 2.32. The van der Waals surface area contributed by atoms with Gasteiger partial charge in [-0.3, -0.25) is 4.79 Å². The standard InChI is InChI=1S/C16H19N3O3S/c1-21-11-5-6-12(14(9-11)22-2)17-16-18-13(10-23-16)15(20)19-7-3-4-8-19/h5-6,9-10H,3-4,7-8H2,1-2H3,(H,17,18). The molecule has 23 heavy (non-hydrogen) atoms. The molecule has 1 saturated heterocycles. The Morgan fingerprint density at radius 2 is 2.04 bits per heavy atom. The molecular weight excluding hydrogens is 314 g/mol. The summed E-state index contributed by atoms with van der Waals surface area (Å²) in [6.07, 6.45) is 2.15. The fourth-order valence-electron chi connectivity index (χ4n) is 2.53. The molecule has 1 aromatic carbocycles. The molecule has 2 heterocycles. The molecular formula is C16H19N3O3S. The summed E-state index contributed by atoms with van der Waals surface area (Å²) in [5.74, 6) is 1.39. The SMILES string of the molecule is COc1ccc(Nc2nc(C(=O)N3CCCC3)cs2)c(OC)c1. The molecule has 0 unspecified atom stereocenters. The zero-order chi connectivity index (χ0) is 16.2. The van der Waals surface area contributed by atoms with E-state index in [9.17, 15) is 4.79 Å². The number of rotatable bonds is 5. The van der Waals surface area contributed by atoms with Crippen LogP contribution in [-0.2, 0) is 0 Å². The molecule has 0 saturated carbocycles. The highest BCUT2D eigenvalue weighted by Gasteiger charge is 2.21. The van der Waals surface area contributed by atoms with Crippen molar-refractivity contribution in [1.29, 1.82) is 0 Å². The molecule has 1 aromatic heterocycles. The molecule has 0 atom stereocenters. The number of aromatic nitrogens is 1. The number of benzene rings is 1. The van der Waals surface area contributed by atoms with Crippen LogP contribution >= 0.6 is 11.3 Å². The van der Waals surface area contributed by atoms with Crippen molar-refractivity contribution < 1.29 is 14.3 Å². The molecule has 6 nitrogen and oxygen atoms in total. The van der Waals surface area contributed by atoms with Gasteiger partial charge in [0.15, 0.2) is 5.13 Å². The highest BCUT2D eigenvalue weighted by atomic mass is 32.1. The van der Waals surface area contributed by atoms with E-state index < -0.39 is 0 Å². The van der Waals surface area contributed by atoms with E-state index in [4.69, 9.17) is 9.47 Å². The maximum Gasteiger partial charge on any atom is 0.273 e. The number of thiazole rings is 1. The molecule has 3 rings (SSSR count). The average molecular weight is 333 g/mol. The van der Waals surface area contributed by atoms with Crippen LogP contribution in [0.3, 0.4) is 0 Å². The predicted molar refractivity (Wildman–Crippen MR) is 90.1 cm³/mol. The van der Waals surface area contributed by atoms with E-state index >= 15 is 0 Å². The number of nitrogens with zero attached hydrogens (tertiary/aromatic N) is 2. The third kappa shape index (κ3) is 3.39. The zero-order valence-corrected chi connectivity index (χ0v) is 14.0. The number of anilines is 2. The Balaban J connectivity index is 1.75. The number of likely N-dealkylation sites (tertiary alicyclic amines) is 1. The van der Waals surface area contributed by atoms with Crippen LogP contribution in [0.15, 0.2) is 23.6 Å². The van der Waals surface area contributed by atoms with Crippen molar-refractivity contribution in [3.63, 3.8) is 0 Å². The number of amides is 1. The lowest BCUT2D eigenvalue weighted by atomic mass is 10.3. The smallest absolute Gasteiger partial charge is 0.273 e. The third-order valence-corrected chi connectivity index (χ3v) is 4.52. The average Bonchev–Trinajstić information content (AvgIpc) is 3.26. The van der Waals surface area contributed by atoms with Gasteiger partial charge >= 0.3 is 0 Å². The number of nitrogens with one attached hydrogen (secondary N) is 1. The molecule has 0 bridgehead atoms. The van der Waals surface area contributed by atoms with Gasteiger partial charge < -0.3 is 19.7 Å². The van der Waals surface area contributed by atoms with E-state index in [-0.39, 0.29) is 5.91 Å². The third-order valence-electron chi connectivity index (χ3n) is 3.77. The van der Waals surface area contributed by atoms with E-state index in [0.717, 1.165) is 37.4 Å². The molecule has 2 aromatic rings. The lowest BCUT2D eigenvalue weighted by molar-refractivity contribution is 0.0788. The second-order valence-electron chi connectivity index (χ2n) is 5.23. The molecule has 1 aliphatic heterocycles. The number of hydrogen-bond donors (Lipinski definition) is 1. The van der Waals surface area contributed by atoms with Gasteiger partial charge in [-0.15, -0.1) is 11.3 Å². The van der Waals surface area contributed by atoms with Crippen molar-refractivity contribution in [2.45, 2.75) is 12.8 Å². The topological polar surface area (TPSA) is 63.7 Å². The second kappa shape index (κ2) is 6.87. The van der Waals surface area contributed by atoms with E-state index in [1.807, 2.05) is 17.0 Å². The van der Waals surface area contributed by atoms with Crippen molar-refractivity contribution in [3.05, 3.63) is 29.3 Å². The van der Waals surface area contributed by atoms with Crippen LogP contribution in [0.25, 0.3) is 0 Å². The van der Waals surface area contributed by atoms with E-state index in [1.165, 1.54) is 11.3 Å². The van der Waals surface area contributed by atoms with Crippen LogP contribution < -0.4 is 14.8 Å². The summed E-state index contributed by atoms with van der Waals surface area (Å²) < 4.78 is 10.5. The van der Waals surface area contributed by atoms with Crippen LogP contribution in [0.2, 0.25) is 0 Å². The monoisotopic (exact) mass is 333 g/mol. The summed E-state index contributed by atoms with van der Waals surface area (Å²) in [4.78, 5) is 18.6. The first kappa shape index (κ1) is 15.6. The Kier molecular flexibility index (Phi) is 4.66. The first-order valence-corrected chi connectivity index (χ1v) is 8.33. The van der Waals surface area contributed by atoms with Crippen LogP contribution in [-0.4, -0.2) is 43.1 Å². The van der Waals surface area contributed by atoms with Gasteiger partial charge in [0.2, 0.25) is 0 Å².